The number of nitrogens with two attached hydrogens (primary N) is 1. The number of nitrogens with one attached hydrogen (secondary N) is 1. The van der Waals surface area contributed by atoms with Crippen molar-refractivity contribution in [3.05, 3.63) is 33.9 Å². The van der Waals surface area contributed by atoms with E-state index in [0.717, 1.165) is 5.69 Å². The fourth-order valence-corrected chi connectivity index (χ4v) is 1.54. The summed E-state index contributed by atoms with van der Waals surface area (Å²) in [5, 5.41) is 2.96. The zero-order valence-corrected chi connectivity index (χ0v) is 10.4. The molecule has 0 unspecified atom stereocenters. The Hall–Kier alpha value is -2.44. The monoisotopic (exact) mass is 246 g/mol. The highest BCUT2D eigenvalue weighted by Gasteiger charge is 2.06. The number of rotatable bonds is 2. The Morgan fingerprint density at radius 1 is 1.17 bits per heavy atom. The van der Waals surface area contributed by atoms with Crippen LogP contribution in [0.15, 0.2) is 16.9 Å². The van der Waals surface area contributed by atoms with Gasteiger partial charge in [0.15, 0.2) is 0 Å². The van der Waals surface area contributed by atoms with Gasteiger partial charge in [0.2, 0.25) is 11.9 Å². The molecule has 0 aliphatic heterocycles. The minimum atomic E-state index is -0.135. The lowest BCUT2D eigenvalue weighted by molar-refractivity contribution is 0.826. The molecule has 0 amide bonds. The molecular formula is C11H14N6O. The van der Waals surface area contributed by atoms with Crippen LogP contribution >= 0.6 is 0 Å². The molecule has 2 heterocycles. The Morgan fingerprint density at radius 3 is 2.50 bits per heavy atom. The maximum Gasteiger partial charge on any atom is 0.254 e. The Balaban J connectivity index is 2.42. The molecule has 0 fully saturated rings. The zero-order chi connectivity index (χ0) is 13.3. The molecule has 0 radical (unpaired) electrons. The van der Waals surface area contributed by atoms with Crippen molar-refractivity contribution in [2.24, 2.45) is 7.05 Å². The van der Waals surface area contributed by atoms with Crippen molar-refractivity contribution >= 4 is 17.7 Å². The topological polar surface area (TPSA) is 98.7 Å². The van der Waals surface area contributed by atoms with Crippen molar-refractivity contribution in [1.29, 1.82) is 0 Å². The van der Waals surface area contributed by atoms with E-state index < -0.39 is 0 Å². The van der Waals surface area contributed by atoms with E-state index in [-0.39, 0.29) is 11.5 Å². The molecule has 94 valence electrons. The third-order valence-electron chi connectivity index (χ3n) is 2.37. The van der Waals surface area contributed by atoms with Gasteiger partial charge in [-0.1, -0.05) is 0 Å². The Kier molecular flexibility index (Phi) is 2.97. The van der Waals surface area contributed by atoms with Gasteiger partial charge in [-0.3, -0.25) is 9.36 Å². The van der Waals surface area contributed by atoms with E-state index in [4.69, 9.17) is 5.73 Å². The molecule has 7 heteroatoms. The van der Waals surface area contributed by atoms with Crippen LogP contribution in [0.3, 0.4) is 0 Å². The summed E-state index contributed by atoms with van der Waals surface area (Å²) >= 11 is 0. The van der Waals surface area contributed by atoms with E-state index in [2.05, 4.69) is 20.3 Å². The van der Waals surface area contributed by atoms with Crippen molar-refractivity contribution < 1.29 is 0 Å². The predicted octanol–water partition coefficient (Wildman–Crippen LogP) is 0.513. The average Bonchev–Trinajstić information content (AvgIpc) is 2.23. The predicted molar refractivity (Wildman–Crippen MR) is 68.7 cm³/mol. The van der Waals surface area contributed by atoms with Crippen LogP contribution in [0.1, 0.15) is 11.4 Å². The van der Waals surface area contributed by atoms with Crippen LogP contribution in [0.5, 0.6) is 0 Å². The first-order valence-electron chi connectivity index (χ1n) is 5.38. The molecule has 7 nitrogen and oxygen atoms in total. The van der Waals surface area contributed by atoms with Crippen LogP contribution in [-0.2, 0) is 7.05 Å². The summed E-state index contributed by atoms with van der Waals surface area (Å²) in [5.74, 6) is 1.10. The van der Waals surface area contributed by atoms with Gasteiger partial charge < -0.3 is 11.1 Å². The van der Waals surface area contributed by atoms with Crippen molar-refractivity contribution in [2.45, 2.75) is 13.8 Å². The van der Waals surface area contributed by atoms with Crippen LogP contribution in [0.2, 0.25) is 0 Å². The standard InChI is InChI=1S/C11H14N6O/c1-6-4-8(15-10(12)13-6)16-11-14-7(2)5-9(18)17(11)3/h4-5H,1-3H3,(H3,12,13,14,15,16). The van der Waals surface area contributed by atoms with E-state index in [9.17, 15) is 4.79 Å². The summed E-state index contributed by atoms with van der Waals surface area (Å²) in [6, 6.07) is 3.19. The highest BCUT2D eigenvalue weighted by molar-refractivity contribution is 5.50. The second-order valence-electron chi connectivity index (χ2n) is 4.00. The van der Waals surface area contributed by atoms with Gasteiger partial charge in [0.05, 0.1) is 0 Å². The largest absolute Gasteiger partial charge is 0.368 e. The number of hydrogen-bond donors (Lipinski definition) is 2. The summed E-state index contributed by atoms with van der Waals surface area (Å²) in [6.07, 6.45) is 0. The molecule has 2 aromatic rings. The second-order valence-corrected chi connectivity index (χ2v) is 4.00. The van der Waals surface area contributed by atoms with Gasteiger partial charge in [-0.15, -0.1) is 0 Å². The molecule has 0 atom stereocenters. The van der Waals surface area contributed by atoms with Crippen LogP contribution in [-0.4, -0.2) is 19.5 Å². The first kappa shape index (κ1) is 12.0. The number of hydrogen-bond acceptors (Lipinski definition) is 6. The molecule has 0 aliphatic rings. The van der Waals surface area contributed by atoms with Gasteiger partial charge in [-0.05, 0) is 13.8 Å². The molecule has 2 aromatic heterocycles. The summed E-state index contributed by atoms with van der Waals surface area (Å²) in [4.78, 5) is 23.9. The third kappa shape index (κ3) is 2.45. The lowest BCUT2D eigenvalue weighted by Gasteiger charge is -2.10. The molecule has 18 heavy (non-hydrogen) atoms. The maximum atomic E-state index is 11.6. The molecule has 0 bridgehead atoms. The lowest BCUT2D eigenvalue weighted by Crippen LogP contribution is -2.21. The second kappa shape index (κ2) is 4.44. The van der Waals surface area contributed by atoms with E-state index in [1.807, 2.05) is 6.92 Å². The Labute approximate surface area is 104 Å². The van der Waals surface area contributed by atoms with E-state index in [1.54, 1.807) is 20.0 Å². The normalized spacial score (nSPS) is 10.4. The van der Waals surface area contributed by atoms with Gasteiger partial charge in [0.1, 0.15) is 5.82 Å². The lowest BCUT2D eigenvalue weighted by atomic mass is 10.4. The van der Waals surface area contributed by atoms with Gasteiger partial charge in [-0.2, -0.15) is 4.98 Å². The van der Waals surface area contributed by atoms with Gasteiger partial charge in [-0.25, -0.2) is 9.97 Å². The first-order valence-corrected chi connectivity index (χ1v) is 5.38. The summed E-state index contributed by atoms with van der Waals surface area (Å²) in [5.41, 5.74) is 6.80. The number of aryl methyl sites for hydroxylation is 2. The number of anilines is 3. The quantitative estimate of drug-likeness (QED) is 0.801. The van der Waals surface area contributed by atoms with E-state index in [0.29, 0.717) is 17.5 Å². The number of nitrogens with zero attached hydrogens (tertiary/aromatic N) is 4. The zero-order valence-electron chi connectivity index (χ0n) is 10.4. The number of aromatic nitrogens is 4. The smallest absolute Gasteiger partial charge is 0.254 e. The molecular weight excluding hydrogens is 232 g/mol. The fourth-order valence-electron chi connectivity index (χ4n) is 1.54. The van der Waals surface area contributed by atoms with Crippen molar-refractivity contribution in [3.63, 3.8) is 0 Å². The molecule has 3 N–H and O–H groups in total. The summed E-state index contributed by atoms with van der Waals surface area (Å²) < 4.78 is 1.40. The third-order valence-corrected chi connectivity index (χ3v) is 2.37. The molecule has 2 rings (SSSR count). The van der Waals surface area contributed by atoms with Gasteiger partial charge >= 0.3 is 0 Å². The van der Waals surface area contributed by atoms with Crippen molar-refractivity contribution in [2.75, 3.05) is 11.1 Å². The highest BCUT2D eigenvalue weighted by Crippen LogP contribution is 2.12. The summed E-state index contributed by atoms with van der Waals surface area (Å²) in [6.45, 7) is 3.57. The van der Waals surface area contributed by atoms with Crippen molar-refractivity contribution in [1.82, 2.24) is 19.5 Å². The molecule has 0 aromatic carbocycles. The van der Waals surface area contributed by atoms with Gasteiger partial charge in [0.25, 0.3) is 5.56 Å². The maximum absolute atomic E-state index is 11.6. The first-order chi connectivity index (χ1) is 8.45. The van der Waals surface area contributed by atoms with Crippen LogP contribution in [0.25, 0.3) is 0 Å². The van der Waals surface area contributed by atoms with E-state index in [1.165, 1.54) is 10.6 Å². The number of nitrogen functional groups attached to an aromatic ring is 1. The van der Waals surface area contributed by atoms with Crippen LogP contribution in [0.4, 0.5) is 17.7 Å². The Morgan fingerprint density at radius 2 is 1.83 bits per heavy atom. The molecule has 0 spiro atoms. The van der Waals surface area contributed by atoms with E-state index >= 15 is 0 Å². The molecule has 0 saturated carbocycles. The van der Waals surface area contributed by atoms with Crippen LogP contribution in [0, 0.1) is 13.8 Å². The van der Waals surface area contributed by atoms with Gasteiger partial charge in [0, 0.05) is 30.6 Å². The fraction of sp³-hybridized carbons (Fsp3) is 0.273. The van der Waals surface area contributed by atoms with Crippen LogP contribution < -0.4 is 16.6 Å². The SMILES string of the molecule is Cc1cc(Nc2nc(C)cc(=O)n2C)nc(N)n1. The minimum absolute atomic E-state index is 0.135. The molecule has 0 saturated heterocycles. The minimum Gasteiger partial charge on any atom is -0.368 e. The highest BCUT2D eigenvalue weighted by atomic mass is 16.1. The summed E-state index contributed by atoms with van der Waals surface area (Å²) in [7, 11) is 1.63. The molecule has 0 aliphatic carbocycles. The average molecular weight is 246 g/mol. The Bertz CT molecular complexity index is 628. The van der Waals surface area contributed by atoms with Crippen molar-refractivity contribution in [3.8, 4) is 0 Å².